The maximum Gasteiger partial charge on any atom is 0.241 e. The van der Waals surface area contributed by atoms with E-state index in [1.165, 1.54) is 17.7 Å². The number of nitrogens with two attached hydrogens (primary N) is 1. The van der Waals surface area contributed by atoms with Gasteiger partial charge >= 0.3 is 0 Å². The van der Waals surface area contributed by atoms with Crippen LogP contribution in [-0.2, 0) is 22.9 Å². The van der Waals surface area contributed by atoms with Crippen LogP contribution in [-0.4, -0.2) is 26.1 Å². The molecule has 4 N–H and O–H groups in total. The van der Waals surface area contributed by atoms with Gasteiger partial charge in [0.05, 0.1) is 0 Å². The highest BCUT2D eigenvalue weighted by Crippen LogP contribution is 2.23. The third-order valence-electron chi connectivity index (χ3n) is 3.62. The highest BCUT2D eigenvalue weighted by atomic mass is 32.2. The van der Waals surface area contributed by atoms with Gasteiger partial charge in [-0.25, -0.2) is 13.6 Å². The topological polar surface area (TPSA) is 92.4 Å². The third kappa shape index (κ3) is 5.35. The minimum atomic E-state index is -3.92. The molecule has 124 valence electrons. The number of sulfonamides is 1. The Morgan fingerprint density at radius 1 is 1.13 bits per heavy atom. The van der Waals surface area contributed by atoms with Crippen molar-refractivity contribution in [3.05, 3.63) is 59.7 Å². The molecule has 1 atom stereocenters. The molecule has 23 heavy (non-hydrogen) atoms. The van der Waals surface area contributed by atoms with Crippen molar-refractivity contribution in [3.8, 4) is 5.75 Å². The molecule has 0 saturated carbocycles. The standard InChI is InChI=1S/C17H22N2O3S/c1-13(19-10-9-14-5-3-2-4-6-14)11-15-7-8-16(20)17(12-15)23(18,21)22/h2-8,12-13,19-20H,9-11H2,1H3,(H2,18,21,22)/t13-/m1/s1. The van der Waals surface area contributed by atoms with Crippen molar-refractivity contribution in [1.82, 2.24) is 5.32 Å². The van der Waals surface area contributed by atoms with Crippen LogP contribution < -0.4 is 10.5 Å². The number of primary sulfonamides is 1. The molecule has 0 bridgehead atoms. The average Bonchev–Trinajstić information content (AvgIpc) is 2.49. The van der Waals surface area contributed by atoms with Gasteiger partial charge in [-0.1, -0.05) is 36.4 Å². The van der Waals surface area contributed by atoms with Gasteiger partial charge in [-0.3, -0.25) is 0 Å². The Morgan fingerprint density at radius 2 is 1.83 bits per heavy atom. The van der Waals surface area contributed by atoms with E-state index in [1.807, 2.05) is 25.1 Å². The quantitative estimate of drug-likeness (QED) is 0.720. The van der Waals surface area contributed by atoms with Crippen LogP contribution in [0.15, 0.2) is 53.4 Å². The van der Waals surface area contributed by atoms with Gasteiger partial charge < -0.3 is 10.4 Å². The minimum absolute atomic E-state index is 0.177. The number of aromatic hydroxyl groups is 1. The predicted octanol–water partition coefficient (Wildman–Crippen LogP) is 1.80. The van der Waals surface area contributed by atoms with E-state index in [1.54, 1.807) is 6.07 Å². The van der Waals surface area contributed by atoms with Crippen LogP contribution in [0.3, 0.4) is 0 Å². The average molecular weight is 334 g/mol. The molecule has 0 heterocycles. The monoisotopic (exact) mass is 334 g/mol. The maximum absolute atomic E-state index is 11.4. The molecule has 0 unspecified atom stereocenters. The van der Waals surface area contributed by atoms with E-state index < -0.39 is 10.0 Å². The summed E-state index contributed by atoms with van der Waals surface area (Å²) in [7, 11) is -3.92. The lowest BCUT2D eigenvalue weighted by Crippen LogP contribution is -2.30. The third-order valence-corrected chi connectivity index (χ3v) is 4.56. The van der Waals surface area contributed by atoms with Gasteiger partial charge in [0.15, 0.2) is 0 Å². The molecule has 0 aromatic heterocycles. The van der Waals surface area contributed by atoms with E-state index in [4.69, 9.17) is 5.14 Å². The molecule has 2 aromatic rings. The maximum atomic E-state index is 11.4. The first-order valence-corrected chi connectivity index (χ1v) is 9.03. The molecule has 6 heteroatoms. The second-order valence-electron chi connectivity index (χ2n) is 5.64. The molecule has 0 fully saturated rings. The summed E-state index contributed by atoms with van der Waals surface area (Å²) in [4.78, 5) is -0.230. The van der Waals surface area contributed by atoms with Crippen molar-refractivity contribution in [2.75, 3.05) is 6.54 Å². The molecule has 2 aromatic carbocycles. The van der Waals surface area contributed by atoms with Gasteiger partial charge in [0.1, 0.15) is 10.6 Å². The molecule has 0 aliphatic rings. The number of rotatable bonds is 7. The predicted molar refractivity (Wildman–Crippen MR) is 90.8 cm³/mol. The number of hydrogen-bond acceptors (Lipinski definition) is 4. The fourth-order valence-electron chi connectivity index (χ4n) is 2.45. The molecule has 0 saturated heterocycles. The highest BCUT2D eigenvalue weighted by Gasteiger charge is 2.15. The van der Waals surface area contributed by atoms with Crippen LogP contribution in [0, 0.1) is 0 Å². The molecule has 2 rings (SSSR count). The Kier molecular flexibility index (Phi) is 5.76. The highest BCUT2D eigenvalue weighted by molar-refractivity contribution is 7.89. The largest absolute Gasteiger partial charge is 0.507 e. The second-order valence-corrected chi connectivity index (χ2v) is 7.17. The summed E-state index contributed by atoms with van der Waals surface area (Å²) in [5.41, 5.74) is 2.08. The number of phenolic OH excluding ortho intramolecular Hbond substituents is 1. The van der Waals surface area contributed by atoms with Crippen molar-refractivity contribution >= 4 is 10.0 Å². The Morgan fingerprint density at radius 3 is 2.48 bits per heavy atom. The molecule has 0 radical (unpaired) electrons. The van der Waals surface area contributed by atoms with Gasteiger partial charge in [-0.2, -0.15) is 0 Å². The van der Waals surface area contributed by atoms with Crippen LogP contribution in [0.4, 0.5) is 0 Å². The summed E-state index contributed by atoms with van der Waals surface area (Å²) in [6.45, 7) is 2.87. The first-order valence-electron chi connectivity index (χ1n) is 7.48. The van der Waals surface area contributed by atoms with Gasteiger partial charge in [-0.15, -0.1) is 0 Å². The van der Waals surface area contributed by atoms with Gasteiger partial charge in [-0.05, 0) is 49.6 Å². The summed E-state index contributed by atoms with van der Waals surface area (Å²) < 4.78 is 22.8. The van der Waals surface area contributed by atoms with E-state index in [0.29, 0.717) is 6.42 Å². The van der Waals surface area contributed by atoms with Crippen molar-refractivity contribution in [2.45, 2.75) is 30.7 Å². The summed E-state index contributed by atoms with van der Waals surface area (Å²) in [5.74, 6) is -0.319. The van der Waals surface area contributed by atoms with Crippen LogP contribution in [0.5, 0.6) is 5.75 Å². The van der Waals surface area contributed by atoms with Crippen molar-refractivity contribution in [1.29, 1.82) is 0 Å². The Hall–Kier alpha value is -1.89. The van der Waals surface area contributed by atoms with Gasteiger partial charge in [0.25, 0.3) is 0 Å². The lowest BCUT2D eigenvalue weighted by molar-refractivity contribution is 0.458. The number of hydrogen-bond donors (Lipinski definition) is 3. The molecule has 0 amide bonds. The summed E-state index contributed by atoms with van der Waals surface area (Å²) in [5, 5.41) is 18.1. The first kappa shape index (κ1) is 17.5. The van der Waals surface area contributed by atoms with Gasteiger partial charge in [0, 0.05) is 6.04 Å². The lowest BCUT2D eigenvalue weighted by Gasteiger charge is -2.15. The van der Waals surface area contributed by atoms with Crippen LogP contribution in [0.1, 0.15) is 18.1 Å². The lowest BCUT2D eigenvalue weighted by atomic mass is 10.1. The Balaban J connectivity index is 1.91. The zero-order valence-electron chi connectivity index (χ0n) is 13.1. The molecule has 0 aliphatic heterocycles. The molecule has 0 spiro atoms. The minimum Gasteiger partial charge on any atom is -0.507 e. The van der Waals surface area contributed by atoms with Gasteiger partial charge in [0.2, 0.25) is 10.0 Å². The van der Waals surface area contributed by atoms with E-state index >= 15 is 0 Å². The zero-order valence-corrected chi connectivity index (χ0v) is 13.9. The fraction of sp³-hybridized carbons (Fsp3) is 0.294. The summed E-state index contributed by atoms with van der Waals surface area (Å²) >= 11 is 0. The second kappa shape index (κ2) is 7.59. The molecule has 5 nitrogen and oxygen atoms in total. The Bertz CT molecular complexity index is 746. The van der Waals surface area contributed by atoms with Crippen molar-refractivity contribution in [3.63, 3.8) is 0 Å². The van der Waals surface area contributed by atoms with Crippen LogP contribution >= 0.6 is 0 Å². The summed E-state index contributed by atoms with van der Waals surface area (Å²) in [6, 6.07) is 14.9. The van der Waals surface area contributed by atoms with E-state index in [2.05, 4.69) is 17.4 Å². The number of phenols is 1. The normalized spacial score (nSPS) is 13.0. The van der Waals surface area contributed by atoms with Crippen molar-refractivity contribution in [2.24, 2.45) is 5.14 Å². The first-order chi connectivity index (χ1) is 10.9. The van der Waals surface area contributed by atoms with E-state index in [0.717, 1.165) is 18.5 Å². The number of nitrogens with one attached hydrogen (secondary N) is 1. The van der Waals surface area contributed by atoms with E-state index in [9.17, 15) is 13.5 Å². The van der Waals surface area contributed by atoms with Crippen LogP contribution in [0.25, 0.3) is 0 Å². The fourth-order valence-corrected chi connectivity index (χ4v) is 3.12. The molecular formula is C17H22N2O3S. The SMILES string of the molecule is C[C@H](Cc1ccc(O)c(S(N)(=O)=O)c1)NCCc1ccccc1. The molecular weight excluding hydrogens is 312 g/mol. The zero-order chi connectivity index (χ0) is 16.9. The summed E-state index contributed by atoms with van der Waals surface area (Å²) in [6.07, 6.45) is 1.58. The van der Waals surface area contributed by atoms with Crippen LogP contribution in [0.2, 0.25) is 0 Å². The number of benzene rings is 2. The smallest absolute Gasteiger partial charge is 0.241 e. The Labute approximate surface area is 137 Å². The van der Waals surface area contributed by atoms with E-state index in [-0.39, 0.29) is 16.7 Å². The van der Waals surface area contributed by atoms with Crippen molar-refractivity contribution < 1.29 is 13.5 Å². The molecule has 0 aliphatic carbocycles.